The topological polar surface area (TPSA) is 55.5 Å². The molecule has 1 aromatic heterocycles. The van der Waals surface area contributed by atoms with Crippen molar-refractivity contribution in [3.8, 4) is 0 Å². The number of fused-ring (bicyclic) bond motifs is 1. The Bertz CT molecular complexity index is 799. The predicted molar refractivity (Wildman–Crippen MR) is 99.2 cm³/mol. The molecule has 0 spiro atoms. The van der Waals surface area contributed by atoms with Crippen LogP contribution in [0.1, 0.15) is 75.6 Å². The number of hydrogen-bond acceptors (Lipinski definition) is 4. The van der Waals surface area contributed by atoms with Gasteiger partial charge in [-0.2, -0.15) is 0 Å². The van der Waals surface area contributed by atoms with E-state index in [0.717, 1.165) is 5.57 Å². The van der Waals surface area contributed by atoms with Crippen LogP contribution in [0.4, 0.5) is 0 Å². The molecule has 25 heavy (non-hydrogen) atoms. The van der Waals surface area contributed by atoms with Crippen molar-refractivity contribution in [3.05, 3.63) is 52.4 Å². The van der Waals surface area contributed by atoms with E-state index in [1.54, 1.807) is 6.07 Å². The highest BCUT2D eigenvalue weighted by Gasteiger charge is 2.36. The number of nitrogens with zero attached hydrogens (tertiary/aromatic N) is 1. The molecule has 1 aliphatic carbocycles. The second-order valence-electron chi connectivity index (χ2n) is 8.36. The van der Waals surface area contributed by atoms with E-state index in [0.29, 0.717) is 11.5 Å². The lowest BCUT2D eigenvalue weighted by molar-refractivity contribution is -0.254. The average molecular weight is 341 g/mol. The lowest BCUT2D eigenvalue weighted by atomic mass is 9.63. The third-order valence-electron chi connectivity index (χ3n) is 5.42. The minimum absolute atomic E-state index is 0.0267. The Labute approximate surface area is 149 Å². The molecule has 4 heteroatoms. The molecule has 0 saturated carbocycles. The summed E-state index contributed by atoms with van der Waals surface area (Å²) in [5, 5.41) is 12.4. The molecular weight excluding hydrogens is 314 g/mol. The first-order valence-electron chi connectivity index (χ1n) is 8.78. The zero-order valence-electron chi connectivity index (χ0n) is 15.7. The van der Waals surface area contributed by atoms with Crippen LogP contribution in [0.15, 0.2) is 28.8 Å². The third-order valence-corrected chi connectivity index (χ3v) is 5.42. The highest BCUT2D eigenvalue weighted by atomic mass is 17.1. The van der Waals surface area contributed by atoms with Crippen molar-refractivity contribution in [3.63, 3.8) is 0 Å². The molecule has 1 aromatic carbocycles. The van der Waals surface area contributed by atoms with E-state index in [1.807, 2.05) is 6.92 Å². The molecule has 3 rings (SSSR count). The minimum atomic E-state index is 0.0267. The van der Waals surface area contributed by atoms with Crippen LogP contribution in [-0.4, -0.2) is 10.4 Å². The molecule has 1 aliphatic rings. The molecule has 0 atom stereocenters. The molecule has 0 aliphatic heterocycles. The van der Waals surface area contributed by atoms with E-state index in [4.69, 9.17) is 9.78 Å². The summed E-state index contributed by atoms with van der Waals surface area (Å²) >= 11 is 0. The van der Waals surface area contributed by atoms with Gasteiger partial charge in [0.1, 0.15) is 12.3 Å². The largest absolute Gasteiger partial charge is 0.356 e. The summed E-state index contributed by atoms with van der Waals surface area (Å²) in [4.78, 5) is 4.10. The highest BCUT2D eigenvalue weighted by Crippen LogP contribution is 2.46. The van der Waals surface area contributed by atoms with E-state index in [2.05, 4.69) is 62.0 Å². The van der Waals surface area contributed by atoms with Crippen molar-refractivity contribution < 1.29 is 14.7 Å². The maximum atomic E-state index is 8.51. The summed E-state index contributed by atoms with van der Waals surface area (Å²) in [6, 6.07) is 8.56. The van der Waals surface area contributed by atoms with Crippen LogP contribution in [0, 0.1) is 0 Å². The Kier molecular flexibility index (Phi) is 4.60. The fraction of sp³-hybridized carbons (Fsp3) is 0.476. The van der Waals surface area contributed by atoms with Crippen LogP contribution in [0.25, 0.3) is 11.6 Å². The Balaban J connectivity index is 1.95. The Morgan fingerprint density at radius 1 is 1.16 bits per heavy atom. The Hall–Kier alpha value is -1.91. The van der Waals surface area contributed by atoms with Crippen LogP contribution in [0.5, 0.6) is 0 Å². The number of aromatic nitrogens is 1. The molecule has 0 fully saturated rings. The molecule has 0 radical (unpaired) electrons. The summed E-state index contributed by atoms with van der Waals surface area (Å²) < 4.78 is 5.33. The Morgan fingerprint density at radius 3 is 2.52 bits per heavy atom. The summed E-state index contributed by atoms with van der Waals surface area (Å²) in [5.74, 6) is 0.685. The zero-order chi connectivity index (χ0) is 18.2. The van der Waals surface area contributed by atoms with Gasteiger partial charge in [0.15, 0.2) is 5.76 Å². The lowest BCUT2D eigenvalue weighted by Gasteiger charge is -2.42. The molecule has 0 amide bonds. The van der Waals surface area contributed by atoms with Crippen LogP contribution in [0.3, 0.4) is 0 Å². The SMILES string of the molecule is CC(=Cc1ccc2c(c1)C(C)(C)CCC2(C)C)c1cc(COO)no1. The van der Waals surface area contributed by atoms with Crippen LogP contribution < -0.4 is 0 Å². The van der Waals surface area contributed by atoms with Gasteiger partial charge in [0.25, 0.3) is 0 Å². The lowest BCUT2D eigenvalue weighted by Crippen LogP contribution is -2.33. The van der Waals surface area contributed by atoms with Crippen LogP contribution >= 0.6 is 0 Å². The van der Waals surface area contributed by atoms with E-state index in [1.165, 1.54) is 29.5 Å². The van der Waals surface area contributed by atoms with Crippen molar-refractivity contribution in [2.24, 2.45) is 0 Å². The average Bonchev–Trinajstić information content (AvgIpc) is 3.01. The molecule has 0 saturated heterocycles. The molecule has 4 nitrogen and oxygen atoms in total. The molecule has 1 heterocycles. The molecular formula is C21H27NO3. The summed E-state index contributed by atoms with van der Waals surface area (Å²) in [6.07, 6.45) is 4.53. The number of allylic oxidation sites excluding steroid dienone is 1. The monoisotopic (exact) mass is 341 g/mol. The second kappa shape index (κ2) is 6.43. The maximum Gasteiger partial charge on any atom is 0.162 e. The maximum absolute atomic E-state index is 8.51. The molecule has 0 bridgehead atoms. The third kappa shape index (κ3) is 3.55. The van der Waals surface area contributed by atoms with Gasteiger partial charge in [0.2, 0.25) is 0 Å². The molecule has 1 N–H and O–H groups in total. The van der Waals surface area contributed by atoms with Gasteiger partial charge in [-0.15, -0.1) is 0 Å². The number of hydrogen-bond donors (Lipinski definition) is 1. The van der Waals surface area contributed by atoms with Crippen molar-refractivity contribution in [1.29, 1.82) is 0 Å². The van der Waals surface area contributed by atoms with Crippen molar-refractivity contribution in [1.82, 2.24) is 5.16 Å². The van der Waals surface area contributed by atoms with E-state index in [-0.39, 0.29) is 17.4 Å². The Morgan fingerprint density at radius 2 is 1.84 bits per heavy atom. The van der Waals surface area contributed by atoms with Crippen molar-refractivity contribution in [2.75, 3.05) is 0 Å². The van der Waals surface area contributed by atoms with Gasteiger partial charge < -0.3 is 4.52 Å². The molecule has 2 aromatic rings. The smallest absolute Gasteiger partial charge is 0.162 e. The van der Waals surface area contributed by atoms with Gasteiger partial charge in [-0.3, -0.25) is 5.26 Å². The molecule has 0 unspecified atom stereocenters. The summed E-state index contributed by atoms with van der Waals surface area (Å²) in [6.45, 7) is 11.4. The second-order valence-corrected chi connectivity index (χ2v) is 8.36. The van der Waals surface area contributed by atoms with Gasteiger partial charge in [-0.25, -0.2) is 4.89 Å². The first kappa shape index (κ1) is 17.9. The van der Waals surface area contributed by atoms with Gasteiger partial charge in [0.05, 0.1) is 0 Å². The predicted octanol–water partition coefficient (Wildman–Crippen LogP) is 5.57. The highest BCUT2D eigenvalue weighted by molar-refractivity contribution is 5.78. The first-order valence-corrected chi connectivity index (χ1v) is 8.78. The van der Waals surface area contributed by atoms with Gasteiger partial charge >= 0.3 is 0 Å². The fourth-order valence-electron chi connectivity index (χ4n) is 3.65. The van der Waals surface area contributed by atoms with Gasteiger partial charge in [-0.1, -0.05) is 51.1 Å². The standard InChI is InChI=1S/C21H27NO3/c1-14(19-12-16(13-24-23)22-25-19)10-15-6-7-17-18(11-15)21(4,5)9-8-20(17,2)3/h6-7,10-12,23H,8-9,13H2,1-5H3. The fourth-order valence-corrected chi connectivity index (χ4v) is 3.65. The quantitative estimate of drug-likeness (QED) is 0.583. The normalized spacial score (nSPS) is 18.9. The number of rotatable bonds is 4. The zero-order valence-corrected chi connectivity index (χ0v) is 15.7. The van der Waals surface area contributed by atoms with Crippen molar-refractivity contribution >= 4 is 11.6 Å². The summed E-state index contributed by atoms with van der Waals surface area (Å²) in [7, 11) is 0. The van der Waals surface area contributed by atoms with E-state index < -0.39 is 0 Å². The molecule has 134 valence electrons. The first-order chi connectivity index (χ1) is 11.7. The van der Waals surface area contributed by atoms with E-state index >= 15 is 0 Å². The van der Waals surface area contributed by atoms with Gasteiger partial charge in [0, 0.05) is 6.07 Å². The minimum Gasteiger partial charge on any atom is -0.356 e. The summed E-state index contributed by atoms with van der Waals surface area (Å²) in [5.41, 5.74) is 6.05. The van der Waals surface area contributed by atoms with Gasteiger partial charge in [-0.05, 0) is 58.9 Å². The van der Waals surface area contributed by atoms with Crippen LogP contribution in [0.2, 0.25) is 0 Å². The van der Waals surface area contributed by atoms with Crippen molar-refractivity contribution in [2.45, 2.75) is 64.9 Å². The van der Waals surface area contributed by atoms with E-state index in [9.17, 15) is 0 Å². The van der Waals surface area contributed by atoms with Crippen LogP contribution in [-0.2, 0) is 22.3 Å². The number of benzene rings is 1.